The molecular formula is C16H21N3O2. The Morgan fingerprint density at radius 2 is 2.24 bits per heavy atom. The molecule has 1 fully saturated rings. The lowest BCUT2D eigenvalue weighted by molar-refractivity contribution is -0.130. The molecule has 0 aliphatic carbocycles. The van der Waals surface area contributed by atoms with Crippen LogP contribution in [0, 0.1) is 0 Å². The number of para-hydroxylation sites is 2. The Balaban J connectivity index is 1.72. The Bertz CT molecular complexity index is 602. The number of oxazole rings is 1. The maximum Gasteiger partial charge on any atom is 0.236 e. The summed E-state index contributed by atoms with van der Waals surface area (Å²) in [5, 5.41) is 0. The predicted molar refractivity (Wildman–Crippen MR) is 81.1 cm³/mol. The van der Waals surface area contributed by atoms with Gasteiger partial charge >= 0.3 is 0 Å². The van der Waals surface area contributed by atoms with Crippen LogP contribution in [0.4, 0.5) is 0 Å². The highest BCUT2D eigenvalue weighted by Gasteiger charge is 2.26. The smallest absolute Gasteiger partial charge is 0.236 e. The number of piperidine rings is 1. The van der Waals surface area contributed by atoms with Gasteiger partial charge in [0.2, 0.25) is 5.91 Å². The Kier molecular flexibility index (Phi) is 3.92. The molecule has 1 aromatic heterocycles. The second kappa shape index (κ2) is 5.85. The number of amides is 1. The molecule has 1 aliphatic rings. The highest BCUT2D eigenvalue weighted by Crippen LogP contribution is 2.28. The molecule has 1 unspecified atom stereocenters. The van der Waals surface area contributed by atoms with Crippen molar-refractivity contribution in [2.24, 2.45) is 0 Å². The number of hydrogen-bond donors (Lipinski definition) is 0. The average molecular weight is 287 g/mol. The fourth-order valence-electron chi connectivity index (χ4n) is 2.80. The van der Waals surface area contributed by atoms with Crippen molar-refractivity contribution in [3.05, 3.63) is 30.2 Å². The second-order valence-corrected chi connectivity index (χ2v) is 5.88. The van der Waals surface area contributed by atoms with Crippen molar-refractivity contribution >= 4 is 17.0 Å². The van der Waals surface area contributed by atoms with E-state index < -0.39 is 0 Å². The normalized spacial score (nSPS) is 19.8. The van der Waals surface area contributed by atoms with Crippen LogP contribution in [-0.4, -0.2) is 54.4 Å². The molecule has 1 aliphatic heterocycles. The topological polar surface area (TPSA) is 49.6 Å². The summed E-state index contributed by atoms with van der Waals surface area (Å²) >= 11 is 0. The van der Waals surface area contributed by atoms with Crippen LogP contribution in [-0.2, 0) is 4.79 Å². The lowest BCUT2D eigenvalue weighted by Crippen LogP contribution is -2.41. The fourth-order valence-corrected chi connectivity index (χ4v) is 2.80. The summed E-state index contributed by atoms with van der Waals surface area (Å²) in [4.78, 5) is 20.3. The molecule has 0 saturated carbocycles. The summed E-state index contributed by atoms with van der Waals surface area (Å²) in [6.07, 6.45) is 2.14. The van der Waals surface area contributed by atoms with E-state index in [1.165, 1.54) is 0 Å². The first-order chi connectivity index (χ1) is 10.1. The molecule has 5 heteroatoms. The zero-order valence-corrected chi connectivity index (χ0v) is 12.6. The van der Waals surface area contributed by atoms with Gasteiger partial charge in [-0.1, -0.05) is 12.1 Å². The fraction of sp³-hybridized carbons (Fsp3) is 0.500. The van der Waals surface area contributed by atoms with Gasteiger partial charge in [-0.2, -0.15) is 0 Å². The summed E-state index contributed by atoms with van der Waals surface area (Å²) < 4.78 is 5.88. The zero-order chi connectivity index (χ0) is 14.8. The van der Waals surface area contributed by atoms with E-state index in [9.17, 15) is 4.79 Å². The van der Waals surface area contributed by atoms with Gasteiger partial charge in [-0.25, -0.2) is 4.98 Å². The second-order valence-electron chi connectivity index (χ2n) is 5.88. The number of aromatic nitrogens is 1. The average Bonchev–Trinajstić information content (AvgIpc) is 2.91. The molecule has 1 saturated heterocycles. The molecule has 0 spiro atoms. The summed E-state index contributed by atoms with van der Waals surface area (Å²) in [7, 11) is 3.59. The standard InChI is InChI=1S/C16H21N3O2/c1-18(2)15(20)11-19-9-5-6-12(10-19)16-17-13-7-3-4-8-14(13)21-16/h3-4,7-8,12H,5-6,9-11H2,1-2H3. The molecule has 0 radical (unpaired) electrons. The molecule has 112 valence electrons. The van der Waals surface area contributed by atoms with Gasteiger partial charge < -0.3 is 9.32 Å². The monoisotopic (exact) mass is 287 g/mol. The van der Waals surface area contributed by atoms with Gasteiger partial charge in [0.05, 0.1) is 6.54 Å². The first-order valence-electron chi connectivity index (χ1n) is 7.41. The van der Waals surface area contributed by atoms with Crippen molar-refractivity contribution in [1.82, 2.24) is 14.8 Å². The van der Waals surface area contributed by atoms with Gasteiger partial charge in [0, 0.05) is 26.6 Å². The van der Waals surface area contributed by atoms with Crippen molar-refractivity contribution in [3.8, 4) is 0 Å². The lowest BCUT2D eigenvalue weighted by Gasteiger charge is -2.31. The quantitative estimate of drug-likeness (QED) is 0.867. The molecule has 2 aromatic rings. The number of fused-ring (bicyclic) bond motifs is 1. The summed E-state index contributed by atoms with van der Waals surface area (Å²) in [5.41, 5.74) is 1.75. The number of likely N-dealkylation sites (tertiary alicyclic amines) is 1. The molecule has 1 amide bonds. The molecular weight excluding hydrogens is 266 g/mol. The summed E-state index contributed by atoms with van der Waals surface area (Å²) in [6, 6.07) is 7.85. The van der Waals surface area contributed by atoms with Gasteiger partial charge in [-0.15, -0.1) is 0 Å². The van der Waals surface area contributed by atoms with Crippen molar-refractivity contribution in [1.29, 1.82) is 0 Å². The van der Waals surface area contributed by atoms with Gasteiger partial charge in [-0.05, 0) is 31.5 Å². The van der Waals surface area contributed by atoms with Crippen LogP contribution >= 0.6 is 0 Å². The van der Waals surface area contributed by atoms with Crippen molar-refractivity contribution in [2.45, 2.75) is 18.8 Å². The SMILES string of the molecule is CN(C)C(=O)CN1CCCC(c2nc3ccccc3o2)C1. The summed E-state index contributed by atoms with van der Waals surface area (Å²) in [5.74, 6) is 1.23. The predicted octanol–water partition coefficient (Wildman–Crippen LogP) is 2.10. The maximum absolute atomic E-state index is 11.8. The van der Waals surface area contributed by atoms with Crippen LogP contribution in [0.1, 0.15) is 24.7 Å². The zero-order valence-electron chi connectivity index (χ0n) is 12.6. The van der Waals surface area contributed by atoms with Crippen molar-refractivity contribution in [2.75, 3.05) is 33.7 Å². The summed E-state index contributed by atoms with van der Waals surface area (Å²) in [6.45, 7) is 2.28. The van der Waals surface area contributed by atoms with Gasteiger partial charge in [-0.3, -0.25) is 9.69 Å². The minimum atomic E-state index is 0.146. The molecule has 3 rings (SSSR count). The maximum atomic E-state index is 11.8. The van der Waals surface area contributed by atoms with Crippen LogP contribution in [0.3, 0.4) is 0 Å². The van der Waals surface area contributed by atoms with Gasteiger partial charge in [0.15, 0.2) is 11.5 Å². The largest absolute Gasteiger partial charge is 0.440 e. The first-order valence-corrected chi connectivity index (χ1v) is 7.41. The van der Waals surface area contributed by atoms with Gasteiger partial charge in [0.1, 0.15) is 5.52 Å². The number of benzene rings is 1. The lowest BCUT2D eigenvalue weighted by atomic mass is 9.98. The third-order valence-electron chi connectivity index (χ3n) is 4.02. The van der Waals surface area contributed by atoms with Crippen LogP contribution in [0.15, 0.2) is 28.7 Å². The van der Waals surface area contributed by atoms with E-state index in [0.717, 1.165) is 42.9 Å². The highest BCUT2D eigenvalue weighted by molar-refractivity contribution is 5.77. The number of carbonyl (C=O) groups is 1. The minimum Gasteiger partial charge on any atom is -0.440 e. The Hall–Kier alpha value is -1.88. The van der Waals surface area contributed by atoms with Crippen LogP contribution in [0.2, 0.25) is 0 Å². The Labute approximate surface area is 124 Å². The van der Waals surface area contributed by atoms with E-state index in [1.807, 2.05) is 24.3 Å². The van der Waals surface area contributed by atoms with Crippen LogP contribution in [0.5, 0.6) is 0 Å². The van der Waals surface area contributed by atoms with E-state index >= 15 is 0 Å². The number of rotatable bonds is 3. The van der Waals surface area contributed by atoms with E-state index in [1.54, 1.807) is 19.0 Å². The third-order valence-corrected chi connectivity index (χ3v) is 4.02. The van der Waals surface area contributed by atoms with E-state index in [4.69, 9.17) is 4.42 Å². The van der Waals surface area contributed by atoms with Crippen LogP contribution in [0.25, 0.3) is 11.1 Å². The molecule has 1 atom stereocenters. The number of nitrogens with zero attached hydrogens (tertiary/aromatic N) is 3. The Morgan fingerprint density at radius 3 is 3.00 bits per heavy atom. The van der Waals surface area contributed by atoms with Crippen molar-refractivity contribution in [3.63, 3.8) is 0 Å². The number of likely N-dealkylation sites (N-methyl/N-ethyl adjacent to an activating group) is 1. The van der Waals surface area contributed by atoms with E-state index in [0.29, 0.717) is 6.54 Å². The van der Waals surface area contributed by atoms with Gasteiger partial charge in [0.25, 0.3) is 0 Å². The molecule has 21 heavy (non-hydrogen) atoms. The van der Waals surface area contributed by atoms with E-state index in [2.05, 4.69) is 9.88 Å². The Morgan fingerprint density at radius 1 is 1.43 bits per heavy atom. The molecule has 1 aromatic carbocycles. The molecule has 0 bridgehead atoms. The number of hydrogen-bond acceptors (Lipinski definition) is 4. The third kappa shape index (κ3) is 3.08. The first kappa shape index (κ1) is 14.1. The van der Waals surface area contributed by atoms with E-state index in [-0.39, 0.29) is 11.8 Å². The molecule has 2 heterocycles. The molecule has 0 N–H and O–H groups in total. The van der Waals surface area contributed by atoms with Crippen molar-refractivity contribution < 1.29 is 9.21 Å². The molecule has 5 nitrogen and oxygen atoms in total. The van der Waals surface area contributed by atoms with Crippen LogP contribution < -0.4 is 0 Å². The highest BCUT2D eigenvalue weighted by atomic mass is 16.3. The number of carbonyl (C=O) groups excluding carboxylic acids is 1. The minimum absolute atomic E-state index is 0.146.